The standard InChI is InChI=1S/C12H27NO2/c1-2-3-4-5-6-7-8-9-12(13,10-14)11-15/h14-15H,2-11,13H2,1H3. The maximum atomic E-state index is 8.97. The fourth-order valence-corrected chi connectivity index (χ4v) is 1.64. The minimum Gasteiger partial charge on any atom is -0.394 e. The van der Waals surface area contributed by atoms with E-state index in [9.17, 15) is 0 Å². The number of hydrogen-bond acceptors (Lipinski definition) is 3. The molecule has 3 nitrogen and oxygen atoms in total. The SMILES string of the molecule is CCCCCCCCCC(N)(CO)CO. The summed E-state index contributed by atoms with van der Waals surface area (Å²) in [5, 5.41) is 17.9. The van der Waals surface area contributed by atoms with Gasteiger partial charge >= 0.3 is 0 Å². The maximum Gasteiger partial charge on any atom is 0.0633 e. The van der Waals surface area contributed by atoms with Crippen LogP contribution in [0.2, 0.25) is 0 Å². The van der Waals surface area contributed by atoms with Crippen molar-refractivity contribution in [3.8, 4) is 0 Å². The van der Waals surface area contributed by atoms with Gasteiger partial charge in [-0.3, -0.25) is 0 Å². The summed E-state index contributed by atoms with van der Waals surface area (Å²) in [6, 6.07) is 0. The van der Waals surface area contributed by atoms with Crippen LogP contribution in [0.5, 0.6) is 0 Å². The van der Waals surface area contributed by atoms with Gasteiger partial charge in [0.15, 0.2) is 0 Å². The molecule has 0 saturated carbocycles. The Morgan fingerprint density at radius 1 is 0.867 bits per heavy atom. The fourth-order valence-electron chi connectivity index (χ4n) is 1.64. The van der Waals surface area contributed by atoms with Gasteiger partial charge in [-0.15, -0.1) is 0 Å². The molecule has 0 aromatic carbocycles. The van der Waals surface area contributed by atoms with E-state index >= 15 is 0 Å². The third-order valence-electron chi connectivity index (χ3n) is 2.91. The van der Waals surface area contributed by atoms with Crippen molar-refractivity contribution in [2.75, 3.05) is 13.2 Å². The summed E-state index contributed by atoms with van der Waals surface area (Å²) in [7, 11) is 0. The Hall–Kier alpha value is -0.120. The summed E-state index contributed by atoms with van der Waals surface area (Å²) in [6.45, 7) is 1.96. The Balaban J connectivity index is 3.29. The largest absolute Gasteiger partial charge is 0.394 e. The lowest BCUT2D eigenvalue weighted by molar-refractivity contribution is 0.112. The van der Waals surface area contributed by atoms with Crippen molar-refractivity contribution in [1.29, 1.82) is 0 Å². The second-order valence-electron chi connectivity index (χ2n) is 4.55. The smallest absolute Gasteiger partial charge is 0.0633 e. The first-order chi connectivity index (χ1) is 7.18. The second kappa shape index (κ2) is 9.13. The topological polar surface area (TPSA) is 66.5 Å². The molecular formula is C12H27NO2. The van der Waals surface area contributed by atoms with Crippen LogP contribution in [0.15, 0.2) is 0 Å². The molecule has 0 radical (unpaired) electrons. The molecule has 92 valence electrons. The van der Waals surface area contributed by atoms with E-state index < -0.39 is 5.54 Å². The van der Waals surface area contributed by atoms with Crippen LogP contribution in [0, 0.1) is 0 Å². The summed E-state index contributed by atoms with van der Waals surface area (Å²) in [5.74, 6) is 0. The van der Waals surface area contributed by atoms with Gasteiger partial charge in [0.1, 0.15) is 0 Å². The van der Waals surface area contributed by atoms with E-state index in [1.807, 2.05) is 0 Å². The number of aliphatic hydroxyl groups excluding tert-OH is 2. The zero-order valence-electron chi connectivity index (χ0n) is 10.0. The predicted octanol–water partition coefficient (Wildman–Crippen LogP) is 1.81. The van der Waals surface area contributed by atoms with E-state index in [0.29, 0.717) is 6.42 Å². The average molecular weight is 217 g/mol. The lowest BCUT2D eigenvalue weighted by Gasteiger charge is -2.24. The van der Waals surface area contributed by atoms with E-state index in [1.165, 1.54) is 32.1 Å². The van der Waals surface area contributed by atoms with Crippen molar-refractivity contribution < 1.29 is 10.2 Å². The van der Waals surface area contributed by atoms with Crippen LogP contribution in [-0.2, 0) is 0 Å². The second-order valence-corrected chi connectivity index (χ2v) is 4.55. The molecule has 0 unspecified atom stereocenters. The molecule has 15 heavy (non-hydrogen) atoms. The molecule has 0 saturated heterocycles. The van der Waals surface area contributed by atoms with Gasteiger partial charge in [-0.2, -0.15) is 0 Å². The summed E-state index contributed by atoms with van der Waals surface area (Å²) >= 11 is 0. The lowest BCUT2D eigenvalue weighted by atomic mass is 9.95. The van der Waals surface area contributed by atoms with E-state index in [2.05, 4.69) is 6.92 Å². The summed E-state index contributed by atoms with van der Waals surface area (Å²) < 4.78 is 0. The van der Waals surface area contributed by atoms with Crippen LogP contribution in [0.25, 0.3) is 0 Å². The zero-order chi connectivity index (χ0) is 11.6. The van der Waals surface area contributed by atoms with Crippen molar-refractivity contribution in [2.45, 2.75) is 63.8 Å². The van der Waals surface area contributed by atoms with Crippen molar-refractivity contribution >= 4 is 0 Å². The molecule has 0 amide bonds. The molecule has 0 aliphatic heterocycles. The Labute approximate surface area is 93.7 Å². The Morgan fingerprint density at radius 2 is 1.33 bits per heavy atom. The molecule has 4 N–H and O–H groups in total. The van der Waals surface area contributed by atoms with Crippen molar-refractivity contribution in [3.63, 3.8) is 0 Å². The zero-order valence-corrected chi connectivity index (χ0v) is 10.0. The molecule has 0 rings (SSSR count). The number of rotatable bonds is 10. The Bertz CT molecular complexity index is 136. The molecule has 0 bridgehead atoms. The molecule has 0 aromatic rings. The fraction of sp³-hybridized carbons (Fsp3) is 1.00. The number of nitrogens with two attached hydrogens (primary N) is 1. The highest BCUT2D eigenvalue weighted by atomic mass is 16.3. The summed E-state index contributed by atoms with van der Waals surface area (Å²) in [4.78, 5) is 0. The van der Waals surface area contributed by atoms with E-state index in [1.54, 1.807) is 0 Å². The molecule has 0 heterocycles. The van der Waals surface area contributed by atoms with Crippen molar-refractivity contribution in [3.05, 3.63) is 0 Å². The predicted molar refractivity (Wildman–Crippen MR) is 63.7 cm³/mol. The third-order valence-corrected chi connectivity index (χ3v) is 2.91. The van der Waals surface area contributed by atoms with Gasteiger partial charge in [-0.25, -0.2) is 0 Å². The highest BCUT2D eigenvalue weighted by Crippen LogP contribution is 2.13. The summed E-state index contributed by atoms with van der Waals surface area (Å²) in [6.07, 6.45) is 9.34. The minimum atomic E-state index is -0.760. The van der Waals surface area contributed by atoms with Crippen molar-refractivity contribution in [1.82, 2.24) is 0 Å². The third kappa shape index (κ3) is 7.77. The number of aliphatic hydroxyl groups is 2. The minimum absolute atomic E-state index is 0.126. The van der Waals surface area contributed by atoms with E-state index in [-0.39, 0.29) is 13.2 Å². The van der Waals surface area contributed by atoms with Crippen LogP contribution in [0.1, 0.15) is 58.3 Å². The molecule has 0 aliphatic carbocycles. The van der Waals surface area contributed by atoms with E-state index in [4.69, 9.17) is 15.9 Å². The van der Waals surface area contributed by atoms with Crippen LogP contribution in [0.4, 0.5) is 0 Å². The van der Waals surface area contributed by atoms with Crippen LogP contribution in [-0.4, -0.2) is 29.0 Å². The normalized spacial score (nSPS) is 12.0. The molecule has 0 fully saturated rings. The highest BCUT2D eigenvalue weighted by molar-refractivity contribution is 4.81. The Kier molecular flexibility index (Phi) is 9.06. The highest BCUT2D eigenvalue weighted by Gasteiger charge is 2.21. The van der Waals surface area contributed by atoms with Crippen LogP contribution >= 0.6 is 0 Å². The molecule has 0 aliphatic rings. The monoisotopic (exact) mass is 217 g/mol. The number of unbranched alkanes of at least 4 members (excludes halogenated alkanes) is 6. The van der Waals surface area contributed by atoms with E-state index in [0.717, 1.165) is 12.8 Å². The molecular weight excluding hydrogens is 190 g/mol. The molecule has 0 aromatic heterocycles. The average Bonchev–Trinajstić information content (AvgIpc) is 2.27. The lowest BCUT2D eigenvalue weighted by Crippen LogP contribution is -2.47. The van der Waals surface area contributed by atoms with Gasteiger partial charge in [-0.1, -0.05) is 51.9 Å². The van der Waals surface area contributed by atoms with Crippen LogP contribution < -0.4 is 5.73 Å². The maximum absolute atomic E-state index is 8.97. The first kappa shape index (κ1) is 14.9. The van der Waals surface area contributed by atoms with Gasteiger partial charge in [0.05, 0.1) is 18.8 Å². The summed E-state index contributed by atoms with van der Waals surface area (Å²) in [5.41, 5.74) is 5.00. The quantitative estimate of drug-likeness (QED) is 0.489. The molecule has 0 atom stereocenters. The number of hydrogen-bond donors (Lipinski definition) is 3. The first-order valence-corrected chi connectivity index (χ1v) is 6.19. The Morgan fingerprint density at radius 3 is 1.80 bits per heavy atom. The van der Waals surface area contributed by atoms with Crippen LogP contribution in [0.3, 0.4) is 0 Å². The first-order valence-electron chi connectivity index (χ1n) is 6.19. The molecule has 3 heteroatoms. The van der Waals surface area contributed by atoms with Gasteiger partial charge in [-0.05, 0) is 6.42 Å². The van der Waals surface area contributed by atoms with Gasteiger partial charge < -0.3 is 15.9 Å². The van der Waals surface area contributed by atoms with Gasteiger partial charge in [0, 0.05) is 0 Å². The van der Waals surface area contributed by atoms with Crippen molar-refractivity contribution in [2.24, 2.45) is 5.73 Å². The van der Waals surface area contributed by atoms with Gasteiger partial charge in [0.2, 0.25) is 0 Å². The van der Waals surface area contributed by atoms with Gasteiger partial charge in [0.25, 0.3) is 0 Å². The molecule has 0 spiro atoms.